The summed E-state index contributed by atoms with van der Waals surface area (Å²) in [6.45, 7) is -0.199. The number of alkyl halides is 2. The van der Waals surface area contributed by atoms with Gasteiger partial charge >= 0.3 is 0 Å². The molecule has 1 atom stereocenters. The third kappa shape index (κ3) is 1.54. The number of hydrogen-bond acceptors (Lipinski definition) is 3. The fraction of sp³-hybridized carbons (Fsp3) is 0.429. The summed E-state index contributed by atoms with van der Waals surface area (Å²) in [6.07, 6.45) is 6.82. The summed E-state index contributed by atoms with van der Waals surface area (Å²) < 4.78 is 27.4. The molecule has 0 radical (unpaired) electrons. The van der Waals surface area contributed by atoms with E-state index in [9.17, 15) is 8.78 Å². The SMILES string of the molecule is FC1(F)CNC12CC/C(=C\c1ncnc3[nH]ccc13)C2. The summed E-state index contributed by atoms with van der Waals surface area (Å²) in [7, 11) is 0. The van der Waals surface area contributed by atoms with Crippen molar-refractivity contribution in [3.8, 4) is 0 Å². The molecule has 6 heteroatoms. The Hall–Kier alpha value is -1.82. The Morgan fingerprint density at radius 3 is 2.90 bits per heavy atom. The second-order valence-corrected chi connectivity index (χ2v) is 5.62. The lowest BCUT2D eigenvalue weighted by Gasteiger charge is -2.47. The van der Waals surface area contributed by atoms with E-state index in [4.69, 9.17) is 0 Å². The fourth-order valence-electron chi connectivity index (χ4n) is 3.20. The highest BCUT2D eigenvalue weighted by atomic mass is 19.3. The molecule has 2 aromatic heterocycles. The fourth-order valence-corrected chi connectivity index (χ4v) is 3.20. The summed E-state index contributed by atoms with van der Waals surface area (Å²) in [5, 5.41) is 3.85. The Bertz CT molecular complexity index is 706. The zero-order valence-corrected chi connectivity index (χ0v) is 10.8. The zero-order chi connectivity index (χ0) is 13.8. The molecule has 1 saturated carbocycles. The van der Waals surface area contributed by atoms with E-state index in [1.807, 2.05) is 12.1 Å². The van der Waals surface area contributed by atoms with E-state index in [1.54, 1.807) is 6.20 Å². The van der Waals surface area contributed by atoms with Gasteiger partial charge in [-0.1, -0.05) is 5.57 Å². The Kier molecular flexibility index (Phi) is 2.30. The lowest BCUT2D eigenvalue weighted by atomic mass is 9.81. The van der Waals surface area contributed by atoms with Crippen LogP contribution in [0.1, 0.15) is 25.0 Å². The molecule has 104 valence electrons. The van der Waals surface area contributed by atoms with Gasteiger partial charge in [0.15, 0.2) is 0 Å². The summed E-state index contributed by atoms with van der Waals surface area (Å²) >= 11 is 0. The summed E-state index contributed by atoms with van der Waals surface area (Å²) in [6, 6.07) is 1.91. The first kappa shape index (κ1) is 12.0. The molecule has 1 aliphatic carbocycles. The van der Waals surface area contributed by atoms with Crippen molar-refractivity contribution < 1.29 is 8.78 Å². The molecule has 1 saturated heterocycles. The minimum absolute atomic E-state index is 0.199. The molecule has 0 bridgehead atoms. The van der Waals surface area contributed by atoms with Crippen molar-refractivity contribution in [3.63, 3.8) is 0 Å². The topological polar surface area (TPSA) is 53.6 Å². The van der Waals surface area contributed by atoms with E-state index in [1.165, 1.54) is 6.33 Å². The maximum absolute atomic E-state index is 13.7. The van der Waals surface area contributed by atoms with Crippen LogP contribution in [0.4, 0.5) is 8.78 Å². The predicted octanol–water partition coefficient (Wildman–Crippen LogP) is 2.50. The van der Waals surface area contributed by atoms with Crippen LogP contribution in [0.5, 0.6) is 0 Å². The molecule has 3 heterocycles. The molecule has 4 nitrogen and oxygen atoms in total. The summed E-state index contributed by atoms with van der Waals surface area (Å²) in [5.41, 5.74) is 1.58. The number of H-pyrrole nitrogens is 1. The van der Waals surface area contributed by atoms with Crippen LogP contribution in [0.25, 0.3) is 17.1 Å². The Balaban J connectivity index is 1.67. The molecule has 0 amide bonds. The van der Waals surface area contributed by atoms with Gasteiger partial charge in [-0.05, 0) is 31.4 Å². The van der Waals surface area contributed by atoms with Crippen molar-refractivity contribution in [2.24, 2.45) is 0 Å². The van der Waals surface area contributed by atoms with Crippen LogP contribution in [0.3, 0.4) is 0 Å². The molecule has 2 fully saturated rings. The quantitative estimate of drug-likeness (QED) is 0.841. The largest absolute Gasteiger partial charge is 0.346 e. The Morgan fingerprint density at radius 1 is 1.30 bits per heavy atom. The summed E-state index contributed by atoms with van der Waals surface area (Å²) in [4.78, 5) is 11.4. The average molecular weight is 276 g/mol. The molecule has 1 spiro atoms. The van der Waals surface area contributed by atoms with Gasteiger partial charge in [-0.15, -0.1) is 0 Å². The minimum atomic E-state index is -2.59. The number of nitrogens with one attached hydrogen (secondary N) is 2. The molecular weight excluding hydrogens is 262 g/mol. The third-order valence-electron chi connectivity index (χ3n) is 4.48. The predicted molar refractivity (Wildman–Crippen MR) is 71.4 cm³/mol. The van der Waals surface area contributed by atoms with Gasteiger partial charge in [-0.25, -0.2) is 18.7 Å². The van der Waals surface area contributed by atoms with Crippen molar-refractivity contribution in [2.45, 2.75) is 30.7 Å². The molecule has 1 aliphatic heterocycles. The standard InChI is InChI=1S/C14H14F2N4/c15-14(16)7-20-13(14)3-1-9(6-13)5-11-10-2-4-17-12(10)19-8-18-11/h2,4-5,8,20H,1,3,6-7H2,(H,17,18,19)/b9-5+. The van der Waals surface area contributed by atoms with Crippen LogP contribution in [-0.4, -0.2) is 33.0 Å². The van der Waals surface area contributed by atoms with Crippen LogP contribution in [-0.2, 0) is 0 Å². The van der Waals surface area contributed by atoms with Crippen LogP contribution < -0.4 is 5.32 Å². The molecule has 4 rings (SSSR count). The summed E-state index contributed by atoms with van der Waals surface area (Å²) in [5.74, 6) is -2.59. The molecule has 2 aromatic rings. The van der Waals surface area contributed by atoms with Gasteiger partial charge < -0.3 is 4.98 Å². The van der Waals surface area contributed by atoms with Crippen molar-refractivity contribution >= 4 is 17.1 Å². The first-order valence-electron chi connectivity index (χ1n) is 6.70. The monoisotopic (exact) mass is 276 g/mol. The number of fused-ring (bicyclic) bond motifs is 1. The van der Waals surface area contributed by atoms with Gasteiger partial charge in [0.1, 0.15) is 12.0 Å². The van der Waals surface area contributed by atoms with Crippen LogP contribution in [0, 0.1) is 0 Å². The number of rotatable bonds is 1. The van der Waals surface area contributed by atoms with E-state index in [2.05, 4.69) is 20.3 Å². The van der Waals surface area contributed by atoms with Crippen molar-refractivity contribution in [1.29, 1.82) is 0 Å². The van der Waals surface area contributed by atoms with Crippen molar-refractivity contribution in [2.75, 3.05) is 6.54 Å². The maximum Gasteiger partial charge on any atom is 0.278 e. The van der Waals surface area contributed by atoms with Crippen LogP contribution >= 0.6 is 0 Å². The lowest BCUT2D eigenvalue weighted by molar-refractivity contribution is -0.150. The molecule has 0 aromatic carbocycles. The lowest BCUT2D eigenvalue weighted by Crippen LogP contribution is -2.72. The van der Waals surface area contributed by atoms with E-state index < -0.39 is 11.5 Å². The van der Waals surface area contributed by atoms with Gasteiger partial charge in [-0.3, -0.25) is 5.32 Å². The Morgan fingerprint density at radius 2 is 2.20 bits per heavy atom. The van der Waals surface area contributed by atoms with E-state index >= 15 is 0 Å². The van der Waals surface area contributed by atoms with Gasteiger partial charge in [0.2, 0.25) is 0 Å². The number of aromatic amines is 1. The average Bonchev–Trinajstić information content (AvgIpc) is 3.05. The van der Waals surface area contributed by atoms with Gasteiger partial charge in [0.05, 0.1) is 17.8 Å². The highest BCUT2D eigenvalue weighted by Gasteiger charge is 2.62. The van der Waals surface area contributed by atoms with Gasteiger partial charge in [0.25, 0.3) is 5.92 Å². The number of aromatic nitrogens is 3. The molecule has 1 unspecified atom stereocenters. The van der Waals surface area contributed by atoms with Crippen LogP contribution in [0.15, 0.2) is 24.2 Å². The smallest absolute Gasteiger partial charge is 0.278 e. The highest BCUT2D eigenvalue weighted by Crippen LogP contribution is 2.49. The first-order chi connectivity index (χ1) is 9.60. The number of hydrogen-bond donors (Lipinski definition) is 2. The van der Waals surface area contributed by atoms with E-state index in [0.717, 1.165) is 22.3 Å². The second-order valence-electron chi connectivity index (χ2n) is 5.62. The number of halogens is 2. The minimum Gasteiger partial charge on any atom is -0.346 e. The molecule has 2 N–H and O–H groups in total. The number of nitrogens with zero attached hydrogens (tertiary/aromatic N) is 2. The molecule has 2 aliphatic rings. The normalized spacial score (nSPS) is 30.2. The van der Waals surface area contributed by atoms with Crippen molar-refractivity contribution in [1.82, 2.24) is 20.3 Å². The second kappa shape index (κ2) is 3.85. The Labute approximate surface area is 114 Å². The van der Waals surface area contributed by atoms with Gasteiger partial charge in [0, 0.05) is 11.6 Å². The third-order valence-corrected chi connectivity index (χ3v) is 4.48. The zero-order valence-electron chi connectivity index (χ0n) is 10.8. The highest BCUT2D eigenvalue weighted by molar-refractivity contribution is 5.84. The first-order valence-corrected chi connectivity index (χ1v) is 6.70. The van der Waals surface area contributed by atoms with Gasteiger partial charge in [-0.2, -0.15) is 0 Å². The van der Waals surface area contributed by atoms with E-state index in [0.29, 0.717) is 19.3 Å². The molecular formula is C14H14F2N4. The van der Waals surface area contributed by atoms with Crippen molar-refractivity contribution in [3.05, 3.63) is 29.9 Å². The van der Waals surface area contributed by atoms with E-state index in [-0.39, 0.29) is 6.54 Å². The molecule has 20 heavy (non-hydrogen) atoms. The maximum atomic E-state index is 13.7. The van der Waals surface area contributed by atoms with Crippen LogP contribution in [0.2, 0.25) is 0 Å².